The summed E-state index contributed by atoms with van der Waals surface area (Å²) in [7, 11) is -3.41. The Balaban J connectivity index is 1.65. The van der Waals surface area contributed by atoms with Gasteiger partial charge in [-0.3, -0.25) is 0 Å². The standard InChI is InChI=1S/C21H26F2N6O3S/c1-21(2,3)29-11-25-19-13(22)7-12(8-16(19)29)18-14(23)9-24-20(27-18)26-15-5-6-28(10-17(15)30)33(4,31)32/h7-9,11,15,17,30H,5-6,10H2,1-4H3,(H,24,26,27)/t15?,17-/m1/s1. The fraction of sp³-hybridized carbons (Fsp3) is 0.476. The van der Waals surface area contributed by atoms with E-state index >= 15 is 0 Å². The number of rotatable bonds is 4. The molecular formula is C21H26F2N6O3S. The van der Waals surface area contributed by atoms with Crippen LogP contribution in [-0.4, -0.2) is 68.8 Å². The van der Waals surface area contributed by atoms with E-state index in [4.69, 9.17) is 0 Å². The number of nitrogens with one attached hydrogen (secondary N) is 1. The molecule has 2 atom stereocenters. The molecule has 3 aromatic rings. The Labute approximate surface area is 190 Å². The quantitative estimate of drug-likeness (QED) is 0.589. The van der Waals surface area contributed by atoms with Crippen molar-refractivity contribution in [1.29, 1.82) is 0 Å². The van der Waals surface area contributed by atoms with Gasteiger partial charge in [-0.25, -0.2) is 32.2 Å². The zero-order valence-electron chi connectivity index (χ0n) is 18.7. The van der Waals surface area contributed by atoms with Gasteiger partial charge < -0.3 is 15.0 Å². The van der Waals surface area contributed by atoms with Crippen molar-refractivity contribution in [3.05, 3.63) is 36.3 Å². The molecule has 4 rings (SSSR count). The summed E-state index contributed by atoms with van der Waals surface area (Å²) in [5, 5.41) is 13.3. The van der Waals surface area contributed by atoms with Crippen LogP contribution in [-0.2, 0) is 15.6 Å². The first-order valence-corrected chi connectivity index (χ1v) is 12.3. The molecule has 2 N–H and O–H groups in total. The van der Waals surface area contributed by atoms with Gasteiger partial charge in [0.15, 0.2) is 11.6 Å². The second kappa shape index (κ2) is 8.26. The Bertz CT molecular complexity index is 1310. The van der Waals surface area contributed by atoms with Crippen molar-refractivity contribution in [1.82, 2.24) is 23.8 Å². The van der Waals surface area contributed by atoms with Gasteiger partial charge in [-0.2, -0.15) is 4.31 Å². The van der Waals surface area contributed by atoms with Gasteiger partial charge in [-0.1, -0.05) is 0 Å². The maximum Gasteiger partial charge on any atom is 0.223 e. The van der Waals surface area contributed by atoms with E-state index < -0.39 is 33.8 Å². The highest BCUT2D eigenvalue weighted by molar-refractivity contribution is 7.88. The highest BCUT2D eigenvalue weighted by Gasteiger charge is 2.32. The second-order valence-corrected chi connectivity index (χ2v) is 11.2. The zero-order valence-corrected chi connectivity index (χ0v) is 19.6. The van der Waals surface area contributed by atoms with Crippen molar-refractivity contribution in [3.63, 3.8) is 0 Å². The minimum absolute atomic E-state index is 0.0492. The lowest BCUT2D eigenvalue weighted by atomic mass is 10.0. The first-order chi connectivity index (χ1) is 15.3. The molecule has 1 aliphatic heterocycles. The number of sulfonamides is 1. The molecule has 0 bridgehead atoms. The highest BCUT2D eigenvalue weighted by atomic mass is 32.2. The first-order valence-electron chi connectivity index (χ1n) is 10.4. The third-order valence-corrected chi connectivity index (χ3v) is 6.94. The van der Waals surface area contributed by atoms with Crippen molar-refractivity contribution in [2.24, 2.45) is 0 Å². The molecule has 12 heteroatoms. The van der Waals surface area contributed by atoms with E-state index in [-0.39, 0.29) is 41.4 Å². The van der Waals surface area contributed by atoms with Crippen LogP contribution in [0, 0.1) is 11.6 Å². The fourth-order valence-electron chi connectivity index (χ4n) is 3.92. The van der Waals surface area contributed by atoms with Crippen LogP contribution in [0.25, 0.3) is 22.3 Å². The summed E-state index contributed by atoms with van der Waals surface area (Å²) in [4.78, 5) is 12.3. The number of β-amino-alcohol motifs (C(OH)–C–C–N with tert-alkyl or cyclic N) is 1. The van der Waals surface area contributed by atoms with Gasteiger partial charge in [0, 0.05) is 24.2 Å². The van der Waals surface area contributed by atoms with Crippen molar-refractivity contribution in [3.8, 4) is 11.3 Å². The van der Waals surface area contributed by atoms with E-state index in [2.05, 4.69) is 20.3 Å². The van der Waals surface area contributed by atoms with Crippen molar-refractivity contribution in [2.75, 3.05) is 24.7 Å². The van der Waals surface area contributed by atoms with E-state index in [1.807, 2.05) is 20.8 Å². The topological polar surface area (TPSA) is 113 Å². The normalized spacial score (nSPS) is 20.3. The molecule has 0 amide bonds. The molecule has 1 saturated heterocycles. The number of aromatic nitrogens is 4. The van der Waals surface area contributed by atoms with Crippen molar-refractivity contribution < 1.29 is 22.3 Å². The summed E-state index contributed by atoms with van der Waals surface area (Å²) < 4.78 is 55.9. The number of fused-ring (bicyclic) bond motifs is 1. The first kappa shape index (κ1) is 23.5. The number of hydrogen-bond acceptors (Lipinski definition) is 7. The minimum Gasteiger partial charge on any atom is -0.390 e. The fourth-order valence-corrected chi connectivity index (χ4v) is 4.78. The molecule has 0 aliphatic carbocycles. The van der Waals surface area contributed by atoms with Crippen LogP contribution in [0.2, 0.25) is 0 Å². The van der Waals surface area contributed by atoms with Crippen molar-refractivity contribution >= 4 is 27.0 Å². The molecule has 1 fully saturated rings. The highest BCUT2D eigenvalue weighted by Crippen LogP contribution is 2.30. The molecule has 0 spiro atoms. The average molecular weight is 481 g/mol. The predicted octanol–water partition coefficient (Wildman–Crippen LogP) is 2.33. The molecular weight excluding hydrogens is 454 g/mol. The summed E-state index contributed by atoms with van der Waals surface area (Å²) in [5.74, 6) is -1.27. The summed E-state index contributed by atoms with van der Waals surface area (Å²) in [6.45, 7) is 6.01. The smallest absolute Gasteiger partial charge is 0.223 e. The number of nitrogens with zero attached hydrogens (tertiary/aromatic N) is 5. The summed E-state index contributed by atoms with van der Waals surface area (Å²) in [6, 6.07) is 2.28. The number of hydrogen-bond donors (Lipinski definition) is 2. The molecule has 178 valence electrons. The van der Waals surface area contributed by atoms with E-state index in [0.717, 1.165) is 12.5 Å². The zero-order chi connectivity index (χ0) is 24.1. The third kappa shape index (κ3) is 4.68. The molecule has 2 aromatic heterocycles. The number of aliphatic hydroxyl groups is 1. The van der Waals surface area contributed by atoms with Gasteiger partial charge in [-0.05, 0) is 39.3 Å². The molecule has 0 radical (unpaired) electrons. The molecule has 1 aliphatic rings. The molecule has 1 aromatic carbocycles. The number of anilines is 1. The average Bonchev–Trinajstić information content (AvgIpc) is 3.15. The number of benzene rings is 1. The summed E-state index contributed by atoms with van der Waals surface area (Å²) >= 11 is 0. The van der Waals surface area contributed by atoms with E-state index in [0.29, 0.717) is 11.9 Å². The van der Waals surface area contributed by atoms with Gasteiger partial charge in [0.1, 0.15) is 11.2 Å². The van der Waals surface area contributed by atoms with Gasteiger partial charge in [0.25, 0.3) is 0 Å². The largest absolute Gasteiger partial charge is 0.390 e. The van der Waals surface area contributed by atoms with E-state index in [1.54, 1.807) is 17.0 Å². The lowest BCUT2D eigenvalue weighted by molar-refractivity contribution is 0.0950. The van der Waals surface area contributed by atoms with Crippen LogP contribution in [0.5, 0.6) is 0 Å². The Hall–Kier alpha value is -2.70. The lowest BCUT2D eigenvalue weighted by Crippen LogP contribution is -2.51. The van der Waals surface area contributed by atoms with Crippen LogP contribution in [0.3, 0.4) is 0 Å². The molecule has 1 unspecified atom stereocenters. The summed E-state index contributed by atoms with van der Waals surface area (Å²) in [5.41, 5.74) is 0.448. The predicted molar refractivity (Wildman–Crippen MR) is 120 cm³/mol. The lowest BCUT2D eigenvalue weighted by Gasteiger charge is -2.34. The van der Waals surface area contributed by atoms with Gasteiger partial charge >= 0.3 is 0 Å². The van der Waals surface area contributed by atoms with Crippen LogP contribution < -0.4 is 5.32 Å². The van der Waals surface area contributed by atoms with Crippen LogP contribution in [0.15, 0.2) is 24.7 Å². The molecule has 3 heterocycles. The number of halogens is 2. The Morgan fingerprint density at radius 3 is 2.55 bits per heavy atom. The number of piperidine rings is 1. The number of aliphatic hydroxyl groups excluding tert-OH is 1. The summed E-state index contributed by atoms with van der Waals surface area (Å²) in [6.07, 6.45) is 2.93. The monoisotopic (exact) mass is 480 g/mol. The van der Waals surface area contributed by atoms with Gasteiger partial charge in [0.2, 0.25) is 16.0 Å². The molecule has 9 nitrogen and oxygen atoms in total. The number of imidazole rings is 1. The van der Waals surface area contributed by atoms with E-state index in [1.165, 1.54) is 10.4 Å². The Kier molecular flexibility index (Phi) is 5.87. The second-order valence-electron chi connectivity index (χ2n) is 9.23. The maximum absolute atomic E-state index is 14.8. The molecule has 0 saturated carbocycles. The van der Waals surface area contributed by atoms with E-state index in [9.17, 15) is 22.3 Å². The molecule has 33 heavy (non-hydrogen) atoms. The Morgan fingerprint density at radius 1 is 1.18 bits per heavy atom. The Morgan fingerprint density at radius 2 is 1.91 bits per heavy atom. The van der Waals surface area contributed by atoms with Crippen LogP contribution in [0.1, 0.15) is 27.2 Å². The van der Waals surface area contributed by atoms with Gasteiger partial charge in [0.05, 0.1) is 36.4 Å². The minimum atomic E-state index is -3.41. The van der Waals surface area contributed by atoms with Crippen LogP contribution >= 0.6 is 0 Å². The van der Waals surface area contributed by atoms with Crippen molar-refractivity contribution in [2.45, 2.75) is 44.9 Å². The third-order valence-electron chi connectivity index (χ3n) is 5.67. The maximum atomic E-state index is 14.8. The van der Waals surface area contributed by atoms with Crippen LogP contribution in [0.4, 0.5) is 14.7 Å². The van der Waals surface area contributed by atoms with Gasteiger partial charge in [-0.15, -0.1) is 0 Å². The SMILES string of the molecule is CC(C)(C)n1cnc2c(F)cc(-c3nc(NC4CCN(S(C)(=O)=O)C[C@H]4O)ncc3F)cc21.